The van der Waals surface area contributed by atoms with E-state index < -0.39 is 0 Å². The number of carbonyl (C=O) groups excluding carboxylic acids is 1. The van der Waals surface area contributed by atoms with Crippen molar-refractivity contribution in [3.8, 4) is 22.8 Å². The van der Waals surface area contributed by atoms with Crippen LogP contribution in [-0.2, 0) is 20.3 Å². The van der Waals surface area contributed by atoms with Crippen molar-refractivity contribution in [1.82, 2.24) is 4.57 Å². The molecule has 2 N–H and O–H groups in total. The molecule has 1 aliphatic carbocycles. The van der Waals surface area contributed by atoms with E-state index >= 15 is 0 Å². The van der Waals surface area contributed by atoms with Gasteiger partial charge in [-0.05, 0) is 35.4 Å². The maximum absolute atomic E-state index is 13.2. The number of aromatic nitrogens is 1. The Bertz CT molecular complexity index is 1220. The first-order valence-electron chi connectivity index (χ1n) is 8.44. The number of ether oxygens (including phenoxy) is 2. The van der Waals surface area contributed by atoms with Gasteiger partial charge in [-0.25, -0.2) is 0 Å². The minimum absolute atomic E-state index is 0.0969. The number of fused-ring (bicyclic) bond motifs is 6. The lowest BCUT2D eigenvalue weighted by Gasteiger charge is -2.13. The number of rotatable bonds is 2. The second kappa shape index (κ2) is 5.42. The molecular weight excluding hydrogens is 350 g/mol. The van der Waals surface area contributed by atoms with E-state index in [0.717, 1.165) is 0 Å². The largest absolute Gasteiger partial charge is 0.454 e. The Morgan fingerprint density at radius 1 is 0.926 bits per heavy atom. The van der Waals surface area contributed by atoms with E-state index in [0.29, 0.717) is 55.8 Å². The van der Waals surface area contributed by atoms with Gasteiger partial charge in [0.2, 0.25) is 6.79 Å². The van der Waals surface area contributed by atoms with Crippen LogP contribution in [0.2, 0.25) is 0 Å². The van der Waals surface area contributed by atoms with Crippen LogP contribution < -0.4 is 15.0 Å². The van der Waals surface area contributed by atoms with Crippen LogP contribution in [0.3, 0.4) is 0 Å². The van der Waals surface area contributed by atoms with Crippen molar-refractivity contribution < 1.29 is 24.5 Å². The predicted octanol–water partition coefficient (Wildman–Crippen LogP) is 1.46. The molecule has 5 rings (SSSR count). The van der Waals surface area contributed by atoms with Crippen molar-refractivity contribution in [2.24, 2.45) is 7.05 Å². The topological polar surface area (TPSA) is 98.0 Å². The monoisotopic (exact) mass is 365 g/mol. The lowest BCUT2D eigenvalue weighted by Crippen LogP contribution is -2.20. The Hall–Kier alpha value is -3.16. The zero-order chi connectivity index (χ0) is 18.9. The molecule has 0 unspecified atom stereocenters. The van der Waals surface area contributed by atoms with Gasteiger partial charge >= 0.3 is 0 Å². The SMILES string of the molecule is Cn1c2c(c3cc(CO)c(CO)cc3c1=O)C(=O)c1cc3c(cc1-2)OCO3. The molecule has 2 aromatic carbocycles. The summed E-state index contributed by atoms with van der Waals surface area (Å²) in [5.74, 6) is 0.830. The van der Waals surface area contributed by atoms with E-state index in [2.05, 4.69) is 0 Å². The van der Waals surface area contributed by atoms with Crippen molar-refractivity contribution >= 4 is 16.6 Å². The Morgan fingerprint density at radius 3 is 2.15 bits per heavy atom. The number of aliphatic hydroxyl groups excluding tert-OH is 2. The standard InChI is InChI=1S/C20H15NO6/c1-21-18-12-4-15-16(27-8-26-15)5-13(12)19(24)17(18)11-2-9(6-22)10(7-23)3-14(11)20(21)25/h2-5,22-23H,6-8H2,1H3. The van der Waals surface area contributed by atoms with Crippen molar-refractivity contribution in [2.75, 3.05) is 6.79 Å². The van der Waals surface area contributed by atoms with E-state index in [9.17, 15) is 19.8 Å². The average Bonchev–Trinajstić information content (AvgIpc) is 3.25. The summed E-state index contributed by atoms with van der Waals surface area (Å²) in [4.78, 5) is 26.2. The van der Waals surface area contributed by atoms with Crippen LogP contribution in [0.1, 0.15) is 27.0 Å². The molecule has 0 saturated heterocycles. The molecular formula is C20H15NO6. The highest BCUT2D eigenvalue weighted by Gasteiger charge is 2.34. The van der Waals surface area contributed by atoms with Crippen LogP contribution in [0.5, 0.6) is 11.5 Å². The lowest BCUT2D eigenvalue weighted by molar-refractivity contribution is 0.104. The average molecular weight is 365 g/mol. The van der Waals surface area contributed by atoms with Gasteiger partial charge in [-0.3, -0.25) is 9.59 Å². The molecule has 1 aromatic heterocycles. The molecule has 0 saturated carbocycles. The van der Waals surface area contributed by atoms with Crippen molar-refractivity contribution in [3.63, 3.8) is 0 Å². The van der Waals surface area contributed by atoms with Crippen LogP contribution in [0.25, 0.3) is 22.0 Å². The van der Waals surface area contributed by atoms with Gasteiger partial charge in [0, 0.05) is 28.9 Å². The Balaban J connectivity index is 1.92. The number of hydrogen-bond donors (Lipinski definition) is 2. The maximum Gasteiger partial charge on any atom is 0.258 e. The fourth-order valence-electron chi connectivity index (χ4n) is 3.95. The third-order valence-corrected chi connectivity index (χ3v) is 5.30. The summed E-state index contributed by atoms with van der Waals surface area (Å²) in [7, 11) is 1.62. The normalized spacial score (nSPS) is 14.0. The highest BCUT2D eigenvalue weighted by Crippen LogP contribution is 2.45. The molecule has 3 aromatic rings. The first kappa shape index (κ1) is 16.0. The molecule has 0 fully saturated rings. The van der Waals surface area contributed by atoms with E-state index in [-0.39, 0.29) is 31.3 Å². The summed E-state index contributed by atoms with van der Waals surface area (Å²) in [5, 5.41) is 20.0. The number of hydrogen-bond acceptors (Lipinski definition) is 6. The van der Waals surface area contributed by atoms with Crippen LogP contribution in [-0.4, -0.2) is 27.4 Å². The molecule has 0 bridgehead atoms. The van der Waals surface area contributed by atoms with Gasteiger partial charge in [0.25, 0.3) is 5.56 Å². The zero-order valence-electron chi connectivity index (χ0n) is 14.4. The number of nitrogens with zero attached hydrogens (tertiary/aromatic N) is 1. The van der Waals surface area contributed by atoms with Gasteiger partial charge in [-0.15, -0.1) is 0 Å². The van der Waals surface area contributed by atoms with Crippen molar-refractivity contribution in [2.45, 2.75) is 13.2 Å². The second-order valence-electron chi connectivity index (χ2n) is 6.65. The summed E-state index contributed by atoms with van der Waals surface area (Å²) < 4.78 is 12.2. The maximum atomic E-state index is 13.2. The smallest absolute Gasteiger partial charge is 0.258 e. The molecule has 27 heavy (non-hydrogen) atoms. The molecule has 2 heterocycles. The molecule has 0 radical (unpaired) electrons. The van der Waals surface area contributed by atoms with E-state index in [4.69, 9.17) is 9.47 Å². The summed E-state index contributed by atoms with van der Waals surface area (Å²) in [6, 6.07) is 6.53. The van der Waals surface area contributed by atoms with Gasteiger partial charge < -0.3 is 24.3 Å². The van der Waals surface area contributed by atoms with Crippen LogP contribution in [0.4, 0.5) is 0 Å². The van der Waals surface area contributed by atoms with Crippen molar-refractivity contribution in [3.05, 3.63) is 56.9 Å². The number of carbonyl (C=O) groups is 1. The molecule has 0 atom stereocenters. The third kappa shape index (κ3) is 1.98. The molecule has 7 nitrogen and oxygen atoms in total. The Kier molecular flexibility index (Phi) is 3.22. The van der Waals surface area contributed by atoms with Gasteiger partial charge in [0.15, 0.2) is 17.3 Å². The predicted molar refractivity (Wildman–Crippen MR) is 96.0 cm³/mol. The minimum atomic E-state index is -0.304. The molecule has 136 valence electrons. The molecule has 0 spiro atoms. The lowest BCUT2D eigenvalue weighted by atomic mass is 9.97. The molecule has 2 aliphatic rings. The second-order valence-corrected chi connectivity index (χ2v) is 6.65. The summed E-state index contributed by atoms with van der Waals surface area (Å²) in [5.41, 5.74) is 2.67. The van der Waals surface area contributed by atoms with Crippen LogP contribution in [0, 0.1) is 0 Å². The Morgan fingerprint density at radius 2 is 1.52 bits per heavy atom. The quantitative estimate of drug-likeness (QED) is 0.558. The number of ketones is 1. The van der Waals surface area contributed by atoms with Gasteiger partial charge in [0.05, 0.1) is 24.5 Å². The highest BCUT2D eigenvalue weighted by molar-refractivity contribution is 6.27. The van der Waals surface area contributed by atoms with Gasteiger partial charge in [-0.2, -0.15) is 0 Å². The first-order valence-corrected chi connectivity index (χ1v) is 8.44. The summed E-state index contributed by atoms with van der Waals surface area (Å²) >= 11 is 0. The number of pyridine rings is 1. The molecule has 7 heteroatoms. The minimum Gasteiger partial charge on any atom is -0.454 e. The number of benzene rings is 2. The van der Waals surface area contributed by atoms with Crippen LogP contribution >= 0.6 is 0 Å². The summed E-state index contributed by atoms with van der Waals surface area (Å²) in [6.07, 6.45) is 0. The summed E-state index contributed by atoms with van der Waals surface area (Å²) in [6.45, 7) is -0.506. The Labute approximate surface area is 153 Å². The van der Waals surface area contributed by atoms with Gasteiger partial charge in [-0.1, -0.05) is 0 Å². The van der Waals surface area contributed by atoms with Crippen LogP contribution in [0.15, 0.2) is 29.1 Å². The molecule has 1 aliphatic heterocycles. The van der Waals surface area contributed by atoms with E-state index in [1.807, 2.05) is 0 Å². The fraction of sp³-hybridized carbons (Fsp3) is 0.200. The van der Waals surface area contributed by atoms with Crippen molar-refractivity contribution in [1.29, 1.82) is 0 Å². The highest BCUT2D eigenvalue weighted by atomic mass is 16.7. The number of aliphatic hydroxyl groups is 2. The zero-order valence-corrected chi connectivity index (χ0v) is 14.4. The van der Waals surface area contributed by atoms with E-state index in [1.165, 1.54) is 4.57 Å². The third-order valence-electron chi connectivity index (χ3n) is 5.30. The van der Waals surface area contributed by atoms with Gasteiger partial charge in [0.1, 0.15) is 0 Å². The first-order chi connectivity index (χ1) is 13.0. The van der Waals surface area contributed by atoms with E-state index in [1.54, 1.807) is 31.3 Å². The fourth-order valence-corrected chi connectivity index (χ4v) is 3.95. The molecule has 0 amide bonds.